The van der Waals surface area contributed by atoms with Gasteiger partial charge in [-0.15, -0.1) is 0 Å². The van der Waals surface area contributed by atoms with Gasteiger partial charge in [-0.1, -0.05) is 0 Å². The fraction of sp³-hybridized carbons (Fsp3) is 0.833. The Kier molecular flexibility index (Phi) is 1.64. The van der Waals surface area contributed by atoms with Gasteiger partial charge in [-0.2, -0.15) is 0 Å². The summed E-state index contributed by atoms with van der Waals surface area (Å²) < 4.78 is 17.0. The molecule has 0 saturated carbocycles. The lowest BCUT2D eigenvalue weighted by atomic mass is 9.95. The van der Waals surface area contributed by atoms with Crippen molar-refractivity contribution in [2.75, 3.05) is 6.61 Å². The zero-order valence-electron chi connectivity index (χ0n) is 5.63. The number of esters is 1. The Bertz CT molecular complexity index is 155. The number of rotatable bonds is 0. The first-order valence-corrected chi connectivity index (χ1v) is 3.04. The monoisotopic (exact) mass is 148 g/mol. The summed E-state index contributed by atoms with van der Waals surface area (Å²) >= 11 is 0. The first-order chi connectivity index (χ1) is 4.52. The Morgan fingerprint density at radius 3 is 2.90 bits per heavy atom. The summed E-state index contributed by atoms with van der Waals surface area (Å²) in [5, 5.41) is 9.14. The molecule has 0 bridgehead atoms. The van der Waals surface area contributed by atoms with E-state index in [-0.39, 0.29) is 13.0 Å². The zero-order valence-corrected chi connectivity index (χ0v) is 5.63. The molecule has 0 aromatic carbocycles. The van der Waals surface area contributed by atoms with Crippen LogP contribution in [0.4, 0.5) is 4.39 Å². The smallest absolute Gasteiger partial charge is 0.308 e. The predicted molar refractivity (Wildman–Crippen MR) is 31.1 cm³/mol. The number of alkyl halides is 1. The van der Waals surface area contributed by atoms with E-state index in [1.165, 1.54) is 6.92 Å². The average molecular weight is 148 g/mol. The first kappa shape index (κ1) is 7.47. The second-order valence-corrected chi connectivity index (χ2v) is 2.68. The second-order valence-electron chi connectivity index (χ2n) is 2.68. The van der Waals surface area contributed by atoms with Crippen molar-refractivity contribution in [3.8, 4) is 0 Å². The van der Waals surface area contributed by atoms with E-state index in [9.17, 15) is 9.18 Å². The quantitative estimate of drug-likeness (QED) is 0.493. The molecule has 1 aliphatic rings. The molecule has 0 aliphatic carbocycles. The maximum Gasteiger partial charge on any atom is 0.308 e. The van der Waals surface area contributed by atoms with Gasteiger partial charge in [0.25, 0.3) is 0 Å². The molecule has 1 saturated heterocycles. The fourth-order valence-corrected chi connectivity index (χ4v) is 0.800. The van der Waals surface area contributed by atoms with Crippen molar-refractivity contribution in [1.82, 2.24) is 0 Å². The predicted octanol–water partition coefficient (Wildman–Crippen LogP) is 0.0224. The number of halogens is 1. The van der Waals surface area contributed by atoms with Gasteiger partial charge in [0.2, 0.25) is 0 Å². The van der Waals surface area contributed by atoms with E-state index < -0.39 is 17.7 Å². The third kappa shape index (κ3) is 1.26. The van der Waals surface area contributed by atoms with Gasteiger partial charge in [0.05, 0.1) is 6.42 Å². The molecule has 1 N–H and O–H groups in total. The summed E-state index contributed by atoms with van der Waals surface area (Å²) in [6.07, 6.45) is -1.71. The number of hydrogen-bond acceptors (Lipinski definition) is 3. The van der Waals surface area contributed by atoms with Crippen molar-refractivity contribution in [2.45, 2.75) is 25.1 Å². The molecular weight excluding hydrogens is 139 g/mol. The largest absolute Gasteiger partial charge is 0.462 e. The summed E-state index contributed by atoms with van der Waals surface area (Å²) in [5.41, 5.74) is -1.53. The van der Waals surface area contributed by atoms with Gasteiger partial charge in [-0.05, 0) is 6.92 Å². The summed E-state index contributed by atoms with van der Waals surface area (Å²) in [6, 6.07) is 0. The van der Waals surface area contributed by atoms with Gasteiger partial charge in [0.1, 0.15) is 12.2 Å². The Labute approximate surface area is 57.8 Å². The van der Waals surface area contributed by atoms with E-state index in [2.05, 4.69) is 4.74 Å². The molecule has 0 spiro atoms. The van der Waals surface area contributed by atoms with Crippen LogP contribution in [0, 0.1) is 0 Å². The van der Waals surface area contributed by atoms with Crippen molar-refractivity contribution in [3.05, 3.63) is 0 Å². The first-order valence-electron chi connectivity index (χ1n) is 3.04. The zero-order chi connectivity index (χ0) is 7.78. The molecule has 1 aliphatic heterocycles. The Hall–Kier alpha value is -0.640. The maximum absolute atomic E-state index is 12.6. The average Bonchev–Trinajstić information content (AvgIpc) is 1.78. The molecule has 2 unspecified atom stereocenters. The Morgan fingerprint density at radius 1 is 1.90 bits per heavy atom. The highest BCUT2D eigenvalue weighted by atomic mass is 19.1. The highest BCUT2D eigenvalue weighted by Gasteiger charge is 2.39. The van der Waals surface area contributed by atoms with Gasteiger partial charge in [-0.3, -0.25) is 4.79 Å². The highest BCUT2D eigenvalue weighted by molar-refractivity contribution is 5.71. The number of hydrogen-bond donors (Lipinski definition) is 1. The van der Waals surface area contributed by atoms with Crippen LogP contribution in [-0.2, 0) is 9.53 Å². The van der Waals surface area contributed by atoms with E-state index in [0.717, 1.165) is 0 Å². The molecule has 0 aromatic rings. The number of aliphatic hydroxyl groups is 1. The minimum atomic E-state index is -1.53. The minimum absolute atomic E-state index is 0.256. The molecule has 1 fully saturated rings. The van der Waals surface area contributed by atoms with Crippen LogP contribution in [0.3, 0.4) is 0 Å². The van der Waals surface area contributed by atoms with E-state index in [1.54, 1.807) is 0 Å². The number of ether oxygens (including phenoxy) is 1. The van der Waals surface area contributed by atoms with Crippen molar-refractivity contribution >= 4 is 5.97 Å². The molecular formula is C6H9FO3. The molecule has 3 nitrogen and oxygen atoms in total. The van der Waals surface area contributed by atoms with Crippen LogP contribution in [0.15, 0.2) is 0 Å². The minimum Gasteiger partial charge on any atom is -0.462 e. The summed E-state index contributed by atoms with van der Waals surface area (Å²) in [7, 11) is 0. The lowest BCUT2D eigenvalue weighted by molar-refractivity contribution is -0.169. The number of carbonyl (C=O) groups excluding carboxylic acids is 1. The highest BCUT2D eigenvalue weighted by Crippen LogP contribution is 2.23. The van der Waals surface area contributed by atoms with Crippen molar-refractivity contribution in [3.63, 3.8) is 0 Å². The summed E-state index contributed by atoms with van der Waals surface area (Å²) in [5.74, 6) is -0.543. The van der Waals surface area contributed by atoms with E-state index in [1.807, 2.05) is 0 Å². The van der Waals surface area contributed by atoms with Crippen molar-refractivity contribution in [1.29, 1.82) is 0 Å². The normalized spacial score (nSPS) is 41.1. The van der Waals surface area contributed by atoms with E-state index in [4.69, 9.17) is 5.11 Å². The van der Waals surface area contributed by atoms with Crippen LogP contribution >= 0.6 is 0 Å². The molecule has 0 radical (unpaired) electrons. The molecule has 2 atom stereocenters. The summed E-state index contributed by atoms with van der Waals surface area (Å²) in [6.45, 7) is 0.962. The van der Waals surface area contributed by atoms with Crippen molar-refractivity contribution in [2.24, 2.45) is 0 Å². The molecule has 1 rings (SSSR count). The van der Waals surface area contributed by atoms with Crippen LogP contribution in [0.2, 0.25) is 0 Å². The standard InChI is InChI=1S/C6H9FO3/c1-6(9)2-5(8)10-3-4(6)7/h4,9H,2-3H2,1H3. The van der Waals surface area contributed by atoms with Crippen LogP contribution in [0.25, 0.3) is 0 Å². The van der Waals surface area contributed by atoms with Gasteiger partial charge < -0.3 is 9.84 Å². The van der Waals surface area contributed by atoms with Gasteiger partial charge >= 0.3 is 5.97 Å². The topological polar surface area (TPSA) is 46.5 Å². The van der Waals surface area contributed by atoms with Crippen LogP contribution in [0.1, 0.15) is 13.3 Å². The van der Waals surface area contributed by atoms with Gasteiger partial charge in [-0.25, -0.2) is 4.39 Å². The van der Waals surface area contributed by atoms with Crippen LogP contribution < -0.4 is 0 Å². The molecule has 10 heavy (non-hydrogen) atoms. The van der Waals surface area contributed by atoms with Crippen molar-refractivity contribution < 1.29 is 19.0 Å². The second kappa shape index (κ2) is 2.20. The Morgan fingerprint density at radius 2 is 2.50 bits per heavy atom. The third-order valence-electron chi connectivity index (χ3n) is 1.57. The fourth-order valence-electron chi connectivity index (χ4n) is 0.800. The molecule has 4 heteroatoms. The molecule has 58 valence electrons. The van der Waals surface area contributed by atoms with E-state index >= 15 is 0 Å². The third-order valence-corrected chi connectivity index (χ3v) is 1.57. The van der Waals surface area contributed by atoms with Gasteiger partial charge in [0.15, 0.2) is 6.17 Å². The van der Waals surface area contributed by atoms with Crippen LogP contribution in [-0.4, -0.2) is 29.5 Å². The lowest BCUT2D eigenvalue weighted by Crippen LogP contribution is -2.46. The SMILES string of the molecule is CC1(O)CC(=O)OCC1F. The number of carbonyl (C=O) groups is 1. The lowest BCUT2D eigenvalue weighted by Gasteiger charge is -2.30. The van der Waals surface area contributed by atoms with Gasteiger partial charge in [0, 0.05) is 0 Å². The summed E-state index contributed by atoms with van der Waals surface area (Å²) in [4.78, 5) is 10.5. The maximum atomic E-state index is 12.6. The Balaban J connectivity index is 2.63. The van der Waals surface area contributed by atoms with E-state index in [0.29, 0.717) is 0 Å². The number of cyclic esters (lactones) is 1. The van der Waals surface area contributed by atoms with Crippen LogP contribution in [0.5, 0.6) is 0 Å². The molecule has 0 aromatic heterocycles. The molecule has 1 heterocycles. The molecule has 0 amide bonds.